The van der Waals surface area contributed by atoms with Gasteiger partial charge in [0.25, 0.3) is 0 Å². The van der Waals surface area contributed by atoms with Crippen molar-refractivity contribution in [1.29, 1.82) is 0 Å². The van der Waals surface area contributed by atoms with Gasteiger partial charge in [0.05, 0.1) is 16.0 Å². The average molecular weight is 318 g/mol. The summed E-state index contributed by atoms with van der Waals surface area (Å²) in [5.41, 5.74) is 0.137. The Kier molecular flexibility index (Phi) is 2.81. The lowest BCUT2D eigenvalue weighted by molar-refractivity contribution is -0.383. The Labute approximate surface area is 130 Å². The molecule has 2 atom stereocenters. The van der Waals surface area contributed by atoms with Crippen molar-refractivity contribution < 1.29 is 19.5 Å². The first-order valence-corrected chi connectivity index (χ1v) is 7.41. The van der Waals surface area contributed by atoms with Gasteiger partial charge >= 0.3 is 11.7 Å². The fourth-order valence-electron chi connectivity index (χ4n) is 4.07. The van der Waals surface area contributed by atoms with E-state index < -0.39 is 16.3 Å². The molecular weight excluding hydrogens is 304 g/mol. The molecule has 2 aromatic rings. The second kappa shape index (κ2) is 4.64. The number of carboxylic acids is 1. The number of rotatable bonds is 3. The van der Waals surface area contributed by atoms with Crippen molar-refractivity contribution in [3.63, 3.8) is 0 Å². The zero-order chi connectivity index (χ0) is 16.2. The molecular formula is C14H14N4O5. The summed E-state index contributed by atoms with van der Waals surface area (Å²) in [6.07, 6.45) is 2.47. The summed E-state index contributed by atoms with van der Waals surface area (Å²) < 4.78 is 4.68. The molecule has 1 saturated heterocycles. The van der Waals surface area contributed by atoms with E-state index in [9.17, 15) is 20.0 Å². The van der Waals surface area contributed by atoms with Crippen LogP contribution in [0.4, 0.5) is 11.4 Å². The zero-order valence-electron chi connectivity index (χ0n) is 12.1. The summed E-state index contributed by atoms with van der Waals surface area (Å²) in [5, 5.41) is 28.1. The van der Waals surface area contributed by atoms with Crippen LogP contribution in [0.25, 0.3) is 11.0 Å². The summed E-state index contributed by atoms with van der Waals surface area (Å²) >= 11 is 0. The maximum absolute atomic E-state index is 11.8. The van der Waals surface area contributed by atoms with Crippen LogP contribution in [-0.4, -0.2) is 39.4 Å². The number of fused-ring (bicyclic) bond motifs is 2. The van der Waals surface area contributed by atoms with Gasteiger partial charge in [-0.3, -0.25) is 14.9 Å². The first-order chi connectivity index (χ1) is 11.0. The Morgan fingerprint density at radius 3 is 2.91 bits per heavy atom. The number of carboxylic acid groups (broad SMARTS) is 1. The number of aromatic nitrogens is 2. The van der Waals surface area contributed by atoms with E-state index in [0.29, 0.717) is 30.7 Å². The molecule has 23 heavy (non-hydrogen) atoms. The Hall–Kier alpha value is -2.71. The van der Waals surface area contributed by atoms with Crippen LogP contribution in [-0.2, 0) is 4.79 Å². The van der Waals surface area contributed by atoms with Crippen molar-refractivity contribution in [1.82, 2.24) is 10.3 Å². The van der Waals surface area contributed by atoms with Crippen LogP contribution < -0.4 is 4.90 Å². The molecule has 0 bridgehead atoms. The molecule has 4 rings (SSSR count). The SMILES string of the molecule is O=C(O)[C@@]12CCC[C@H]1CN(c1ccc([N+](=O)[O-])c3nonc13)C2. The number of aliphatic carboxylic acids is 1. The van der Waals surface area contributed by atoms with Gasteiger partial charge in [-0.25, -0.2) is 4.63 Å². The summed E-state index contributed by atoms with van der Waals surface area (Å²) in [7, 11) is 0. The number of carbonyl (C=O) groups is 1. The Morgan fingerprint density at radius 2 is 2.22 bits per heavy atom. The van der Waals surface area contributed by atoms with Crippen molar-refractivity contribution in [3.05, 3.63) is 22.2 Å². The van der Waals surface area contributed by atoms with Crippen molar-refractivity contribution >= 4 is 28.4 Å². The first-order valence-electron chi connectivity index (χ1n) is 7.41. The summed E-state index contributed by atoms with van der Waals surface area (Å²) in [6, 6.07) is 2.96. The molecule has 0 unspecified atom stereocenters. The van der Waals surface area contributed by atoms with E-state index in [1.807, 2.05) is 4.90 Å². The van der Waals surface area contributed by atoms with Gasteiger partial charge in [0.1, 0.15) is 0 Å². The van der Waals surface area contributed by atoms with Gasteiger partial charge in [0.2, 0.25) is 5.52 Å². The third kappa shape index (κ3) is 1.82. The smallest absolute Gasteiger partial charge is 0.311 e. The van der Waals surface area contributed by atoms with Crippen molar-refractivity contribution in [2.45, 2.75) is 19.3 Å². The number of benzene rings is 1. The third-order valence-electron chi connectivity index (χ3n) is 5.21. The number of non-ortho nitro benzene ring substituents is 1. The minimum absolute atomic E-state index is 0.0881. The molecule has 2 aliphatic rings. The van der Waals surface area contributed by atoms with Gasteiger partial charge in [-0.2, -0.15) is 0 Å². The average Bonchev–Trinajstić information content (AvgIpc) is 3.19. The van der Waals surface area contributed by atoms with E-state index in [4.69, 9.17) is 0 Å². The van der Waals surface area contributed by atoms with E-state index in [0.717, 1.165) is 12.8 Å². The fraction of sp³-hybridized carbons (Fsp3) is 0.500. The lowest BCUT2D eigenvalue weighted by atomic mass is 9.81. The van der Waals surface area contributed by atoms with E-state index in [-0.39, 0.29) is 17.1 Å². The van der Waals surface area contributed by atoms with Crippen LogP contribution in [0.1, 0.15) is 19.3 Å². The lowest BCUT2D eigenvalue weighted by Crippen LogP contribution is -2.35. The molecule has 1 aromatic heterocycles. The molecule has 1 aromatic carbocycles. The van der Waals surface area contributed by atoms with Crippen LogP contribution in [0.5, 0.6) is 0 Å². The van der Waals surface area contributed by atoms with Gasteiger partial charge in [-0.05, 0) is 35.1 Å². The zero-order valence-corrected chi connectivity index (χ0v) is 12.1. The van der Waals surface area contributed by atoms with Crippen LogP contribution in [0.15, 0.2) is 16.8 Å². The summed E-state index contributed by atoms with van der Waals surface area (Å²) in [5.74, 6) is -0.677. The first kappa shape index (κ1) is 13.9. The van der Waals surface area contributed by atoms with Gasteiger partial charge in [-0.1, -0.05) is 6.42 Å². The predicted octanol–water partition coefficient (Wildman–Crippen LogP) is 1.82. The maximum atomic E-state index is 11.8. The van der Waals surface area contributed by atoms with Gasteiger partial charge in [0, 0.05) is 19.2 Å². The standard InChI is InChI=1S/C14H14N4O5/c19-13(20)14-5-1-2-8(14)6-17(7-14)9-3-4-10(18(21)22)12-11(9)15-23-16-12/h3-4,8H,1-2,5-7H2,(H,19,20)/t8-,14+/m0/s1. The maximum Gasteiger partial charge on any atom is 0.311 e. The molecule has 2 heterocycles. The number of hydrogen-bond donors (Lipinski definition) is 1. The van der Waals surface area contributed by atoms with E-state index in [2.05, 4.69) is 14.9 Å². The van der Waals surface area contributed by atoms with Crippen LogP contribution in [0.2, 0.25) is 0 Å². The van der Waals surface area contributed by atoms with Crippen LogP contribution in [0, 0.1) is 21.4 Å². The minimum Gasteiger partial charge on any atom is -0.481 e. The molecule has 1 saturated carbocycles. The highest BCUT2D eigenvalue weighted by Crippen LogP contribution is 2.50. The Morgan fingerprint density at radius 1 is 1.43 bits per heavy atom. The Bertz CT molecular complexity index is 819. The number of nitro benzene ring substituents is 1. The number of nitrogens with zero attached hydrogens (tertiary/aromatic N) is 4. The monoisotopic (exact) mass is 318 g/mol. The van der Waals surface area contributed by atoms with Crippen LogP contribution in [0.3, 0.4) is 0 Å². The van der Waals surface area contributed by atoms with Crippen molar-refractivity contribution in [2.75, 3.05) is 18.0 Å². The van der Waals surface area contributed by atoms with E-state index in [1.165, 1.54) is 6.07 Å². The molecule has 0 amide bonds. The number of nitro groups is 1. The van der Waals surface area contributed by atoms with Gasteiger partial charge in [0.15, 0.2) is 5.52 Å². The van der Waals surface area contributed by atoms with Crippen molar-refractivity contribution in [2.24, 2.45) is 11.3 Å². The largest absolute Gasteiger partial charge is 0.481 e. The number of anilines is 1. The van der Waals surface area contributed by atoms with E-state index in [1.54, 1.807) is 6.07 Å². The highest BCUT2D eigenvalue weighted by atomic mass is 16.6. The molecule has 0 radical (unpaired) electrons. The highest BCUT2D eigenvalue weighted by Gasteiger charge is 2.55. The molecule has 9 nitrogen and oxygen atoms in total. The van der Waals surface area contributed by atoms with Crippen LogP contribution >= 0.6 is 0 Å². The molecule has 9 heteroatoms. The molecule has 120 valence electrons. The quantitative estimate of drug-likeness (QED) is 0.671. The second-order valence-electron chi connectivity index (χ2n) is 6.25. The second-order valence-corrected chi connectivity index (χ2v) is 6.25. The van der Waals surface area contributed by atoms with Gasteiger partial charge < -0.3 is 10.0 Å². The molecule has 1 N–H and O–H groups in total. The highest BCUT2D eigenvalue weighted by molar-refractivity contribution is 5.94. The Balaban J connectivity index is 1.77. The summed E-state index contributed by atoms with van der Waals surface area (Å²) in [4.78, 5) is 24.2. The molecule has 2 fully saturated rings. The molecule has 1 aliphatic heterocycles. The van der Waals surface area contributed by atoms with E-state index >= 15 is 0 Å². The molecule has 1 aliphatic carbocycles. The lowest BCUT2D eigenvalue weighted by Gasteiger charge is -2.24. The molecule has 0 spiro atoms. The fourth-order valence-corrected chi connectivity index (χ4v) is 4.07. The minimum atomic E-state index is -0.765. The predicted molar refractivity (Wildman–Crippen MR) is 78.1 cm³/mol. The topological polar surface area (TPSA) is 123 Å². The van der Waals surface area contributed by atoms with Gasteiger partial charge in [-0.15, -0.1) is 0 Å². The summed E-state index contributed by atoms with van der Waals surface area (Å²) in [6.45, 7) is 0.985. The normalized spacial score (nSPS) is 26.6. The van der Waals surface area contributed by atoms with Crippen molar-refractivity contribution in [3.8, 4) is 0 Å². The number of hydrogen-bond acceptors (Lipinski definition) is 7. The third-order valence-corrected chi connectivity index (χ3v) is 5.21.